The molecule has 0 aliphatic rings. The number of phenolic OH excluding ortho intramolecular Hbond substituents is 1. The van der Waals surface area contributed by atoms with Crippen LogP contribution in [0.5, 0.6) is 5.75 Å². The number of carboxylic acids is 1. The van der Waals surface area contributed by atoms with Crippen LogP contribution in [0.2, 0.25) is 0 Å². The van der Waals surface area contributed by atoms with Crippen LogP contribution in [0.15, 0.2) is 18.2 Å². The minimum absolute atomic E-state index is 0.0109. The van der Waals surface area contributed by atoms with Crippen LogP contribution in [-0.2, 0) is 16.0 Å². The van der Waals surface area contributed by atoms with Crippen LogP contribution in [0.25, 0.3) is 0 Å². The first-order chi connectivity index (χ1) is 7.41. The SMILES string of the molecule is CC(=O)C(Br)c1ccc(O)cc1CC(=O)O. The number of alkyl halides is 1. The molecule has 0 aliphatic carbocycles. The fraction of sp³-hybridized carbons (Fsp3) is 0.273. The Labute approximate surface area is 101 Å². The molecular weight excluding hydrogens is 276 g/mol. The summed E-state index contributed by atoms with van der Waals surface area (Å²) in [5, 5.41) is 18.0. The summed E-state index contributed by atoms with van der Waals surface area (Å²) >= 11 is 3.19. The van der Waals surface area contributed by atoms with E-state index in [2.05, 4.69) is 15.9 Å². The molecule has 86 valence electrons. The minimum atomic E-state index is -1.00. The Kier molecular flexibility index (Phi) is 4.06. The number of phenols is 1. The molecule has 2 N–H and O–H groups in total. The van der Waals surface area contributed by atoms with Gasteiger partial charge in [-0.05, 0) is 30.2 Å². The second-order valence-corrected chi connectivity index (χ2v) is 4.34. The van der Waals surface area contributed by atoms with E-state index in [9.17, 15) is 14.7 Å². The van der Waals surface area contributed by atoms with E-state index in [4.69, 9.17) is 5.11 Å². The molecule has 0 radical (unpaired) electrons. The zero-order valence-electron chi connectivity index (χ0n) is 8.61. The van der Waals surface area contributed by atoms with Crippen molar-refractivity contribution < 1.29 is 19.8 Å². The van der Waals surface area contributed by atoms with Crippen LogP contribution in [0.3, 0.4) is 0 Å². The number of hydrogen-bond acceptors (Lipinski definition) is 3. The van der Waals surface area contributed by atoms with Gasteiger partial charge in [-0.1, -0.05) is 22.0 Å². The van der Waals surface area contributed by atoms with E-state index < -0.39 is 10.8 Å². The Hall–Kier alpha value is -1.36. The second kappa shape index (κ2) is 5.12. The zero-order valence-corrected chi connectivity index (χ0v) is 10.2. The Morgan fingerprint density at radius 3 is 2.56 bits per heavy atom. The molecule has 16 heavy (non-hydrogen) atoms. The molecule has 0 aromatic heterocycles. The van der Waals surface area contributed by atoms with Gasteiger partial charge in [-0.3, -0.25) is 9.59 Å². The Morgan fingerprint density at radius 2 is 2.06 bits per heavy atom. The number of halogens is 1. The first-order valence-electron chi connectivity index (χ1n) is 4.60. The number of Topliss-reactive ketones (excluding diaryl/α,β-unsaturated/α-hetero) is 1. The summed E-state index contributed by atoms with van der Waals surface area (Å²) in [4.78, 5) is 21.3. The summed E-state index contributed by atoms with van der Waals surface area (Å²) in [6, 6.07) is 4.34. The third-order valence-electron chi connectivity index (χ3n) is 2.10. The molecular formula is C11H11BrO4. The van der Waals surface area contributed by atoms with E-state index in [-0.39, 0.29) is 18.0 Å². The molecule has 0 bridgehead atoms. The molecule has 0 fully saturated rings. The van der Waals surface area contributed by atoms with Crippen LogP contribution in [0.1, 0.15) is 22.9 Å². The summed E-state index contributed by atoms with van der Waals surface area (Å²) in [6.07, 6.45) is -0.223. The van der Waals surface area contributed by atoms with Gasteiger partial charge in [-0.2, -0.15) is 0 Å². The minimum Gasteiger partial charge on any atom is -0.508 e. The van der Waals surface area contributed by atoms with Crippen molar-refractivity contribution in [1.82, 2.24) is 0 Å². The summed E-state index contributed by atoms with van der Waals surface area (Å²) in [6.45, 7) is 1.41. The van der Waals surface area contributed by atoms with E-state index in [0.29, 0.717) is 11.1 Å². The predicted octanol–water partition coefficient (Wildman–Crippen LogP) is 2.04. The number of rotatable bonds is 4. The number of hydrogen-bond donors (Lipinski definition) is 2. The molecule has 1 unspecified atom stereocenters. The van der Waals surface area contributed by atoms with Crippen LogP contribution >= 0.6 is 15.9 Å². The fourth-order valence-electron chi connectivity index (χ4n) is 1.37. The lowest BCUT2D eigenvalue weighted by atomic mass is 10.00. The lowest BCUT2D eigenvalue weighted by Gasteiger charge is -2.11. The van der Waals surface area contributed by atoms with E-state index in [1.165, 1.54) is 19.1 Å². The molecule has 1 aromatic rings. The van der Waals surface area contributed by atoms with Crippen molar-refractivity contribution in [3.63, 3.8) is 0 Å². The maximum Gasteiger partial charge on any atom is 0.307 e. The van der Waals surface area contributed by atoms with E-state index in [0.717, 1.165) is 0 Å². The summed E-state index contributed by atoms with van der Waals surface area (Å²) in [7, 11) is 0. The van der Waals surface area contributed by atoms with Gasteiger partial charge in [0.1, 0.15) is 11.5 Å². The molecule has 0 saturated carbocycles. The van der Waals surface area contributed by atoms with Crippen molar-refractivity contribution >= 4 is 27.7 Å². The Bertz CT molecular complexity index is 428. The number of carbonyl (C=O) groups is 2. The van der Waals surface area contributed by atoms with Crippen LogP contribution in [-0.4, -0.2) is 22.0 Å². The van der Waals surface area contributed by atoms with Crippen LogP contribution < -0.4 is 0 Å². The highest BCUT2D eigenvalue weighted by Crippen LogP contribution is 2.29. The first kappa shape index (κ1) is 12.7. The van der Waals surface area contributed by atoms with Gasteiger partial charge in [-0.25, -0.2) is 0 Å². The van der Waals surface area contributed by atoms with Gasteiger partial charge in [-0.15, -0.1) is 0 Å². The van der Waals surface area contributed by atoms with Gasteiger partial charge in [0.15, 0.2) is 0 Å². The monoisotopic (exact) mass is 286 g/mol. The van der Waals surface area contributed by atoms with Crippen molar-refractivity contribution in [2.45, 2.75) is 18.2 Å². The van der Waals surface area contributed by atoms with Crippen molar-refractivity contribution in [3.05, 3.63) is 29.3 Å². The van der Waals surface area contributed by atoms with Crippen molar-refractivity contribution in [3.8, 4) is 5.75 Å². The van der Waals surface area contributed by atoms with E-state index in [1.807, 2.05) is 0 Å². The van der Waals surface area contributed by atoms with E-state index >= 15 is 0 Å². The first-order valence-corrected chi connectivity index (χ1v) is 5.51. The molecule has 1 rings (SSSR count). The van der Waals surface area contributed by atoms with Gasteiger partial charge in [0, 0.05) is 0 Å². The molecule has 1 atom stereocenters. The van der Waals surface area contributed by atoms with Crippen molar-refractivity contribution in [1.29, 1.82) is 0 Å². The number of aromatic hydroxyl groups is 1. The topological polar surface area (TPSA) is 74.6 Å². The third kappa shape index (κ3) is 3.06. The van der Waals surface area contributed by atoms with Gasteiger partial charge in [0.25, 0.3) is 0 Å². The highest BCUT2D eigenvalue weighted by atomic mass is 79.9. The molecule has 4 nitrogen and oxygen atoms in total. The molecule has 1 aromatic carbocycles. The average molecular weight is 287 g/mol. The summed E-state index contributed by atoms with van der Waals surface area (Å²) in [5.74, 6) is -1.13. The Balaban J connectivity index is 3.16. The van der Waals surface area contributed by atoms with Crippen LogP contribution in [0.4, 0.5) is 0 Å². The van der Waals surface area contributed by atoms with Crippen molar-refractivity contribution in [2.24, 2.45) is 0 Å². The number of carbonyl (C=O) groups excluding carboxylic acids is 1. The normalized spacial score (nSPS) is 12.1. The maximum absolute atomic E-state index is 11.2. The summed E-state index contributed by atoms with van der Waals surface area (Å²) in [5.41, 5.74) is 1.01. The molecule has 0 heterocycles. The molecule has 0 amide bonds. The summed E-state index contributed by atoms with van der Waals surface area (Å²) < 4.78 is 0. The number of aliphatic carboxylic acids is 1. The quantitative estimate of drug-likeness (QED) is 0.831. The molecule has 0 spiro atoms. The number of ketones is 1. The number of carboxylic acid groups (broad SMARTS) is 1. The third-order valence-corrected chi connectivity index (χ3v) is 3.24. The van der Waals surface area contributed by atoms with Gasteiger partial charge < -0.3 is 10.2 Å². The van der Waals surface area contributed by atoms with Crippen LogP contribution in [0, 0.1) is 0 Å². The molecule has 0 saturated heterocycles. The van der Waals surface area contributed by atoms with E-state index in [1.54, 1.807) is 6.07 Å². The highest BCUT2D eigenvalue weighted by molar-refractivity contribution is 9.09. The maximum atomic E-state index is 11.2. The predicted molar refractivity (Wildman–Crippen MR) is 61.8 cm³/mol. The van der Waals surface area contributed by atoms with Gasteiger partial charge >= 0.3 is 5.97 Å². The zero-order chi connectivity index (χ0) is 12.3. The molecule has 0 aliphatic heterocycles. The van der Waals surface area contributed by atoms with Gasteiger partial charge in [0.2, 0.25) is 0 Å². The standard InChI is InChI=1S/C11H11BrO4/c1-6(13)11(12)9-3-2-8(14)4-7(9)5-10(15)16/h2-4,11,14H,5H2,1H3,(H,15,16). The van der Waals surface area contributed by atoms with Gasteiger partial charge in [0.05, 0.1) is 11.2 Å². The lowest BCUT2D eigenvalue weighted by Crippen LogP contribution is -2.08. The number of benzene rings is 1. The lowest BCUT2D eigenvalue weighted by molar-refractivity contribution is -0.136. The average Bonchev–Trinajstić information content (AvgIpc) is 2.15. The smallest absolute Gasteiger partial charge is 0.307 e. The second-order valence-electron chi connectivity index (χ2n) is 3.43. The van der Waals surface area contributed by atoms with Crippen molar-refractivity contribution in [2.75, 3.05) is 0 Å². The fourth-order valence-corrected chi connectivity index (χ4v) is 1.82. The largest absolute Gasteiger partial charge is 0.508 e. The highest BCUT2D eigenvalue weighted by Gasteiger charge is 2.18. The molecule has 5 heteroatoms. The Morgan fingerprint density at radius 1 is 1.44 bits per heavy atom.